The summed E-state index contributed by atoms with van der Waals surface area (Å²) < 4.78 is 0. The number of pyridine rings is 1. The molecule has 17 heavy (non-hydrogen) atoms. The molecule has 0 fully saturated rings. The van der Waals surface area contributed by atoms with Crippen molar-refractivity contribution in [3.05, 3.63) is 52.3 Å². The van der Waals surface area contributed by atoms with Gasteiger partial charge in [-0.25, -0.2) is 4.98 Å². The summed E-state index contributed by atoms with van der Waals surface area (Å²) in [7, 11) is 0. The molecule has 0 aromatic carbocycles. The Morgan fingerprint density at radius 1 is 1.47 bits per heavy atom. The van der Waals surface area contributed by atoms with Crippen LogP contribution in [0, 0.1) is 6.92 Å². The highest BCUT2D eigenvalue weighted by Gasteiger charge is 1.97. The van der Waals surface area contributed by atoms with E-state index in [1.165, 1.54) is 6.07 Å². The monoisotopic (exact) mass is 230 g/mol. The summed E-state index contributed by atoms with van der Waals surface area (Å²) in [5.41, 5.74) is 1.02. The highest BCUT2D eigenvalue weighted by Crippen LogP contribution is 2.00. The minimum atomic E-state index is -0.138. The number of rotatable bonds is 4. The maximum absolute atomic E-state index is 11.2. The van der Waals surface area contributed by atoms with Crippen molar-refractivity contribution in [1.29, 1.82) is 0 Å². The fraction of sp³-hybridized carbons (Fsp3) is 0.250. The lowest BCUT2D eigenvalue weighted by molar-refractivity contribution is 0.963. The van der Waals surface area contributed by atoms with Crippen LogP contribution in [0.2, 0.25) is 0 Å². The van der Waals surface area contributed by atoms with E-state index in [0.717, 1.165) is 18.5 Å². The fourth-order valence-corrected chi connectivity index (χ4v) is 1.55. The van der Waals surface area contributed by atoms with Gasteiger partial charge >= 0.3 is 0 Å². The Morgan fingerprint density at radius 2 is 2.35 bits per heavy atom. The lowest BCUT2D eigenvalue weighted by Crippen LogP contribution is -2.13. The van der Waals surface area contributed by atoms with Gasteiger partial charge in [0.15, 0.2) is 0 Å². The number of nitrogens with zero attached hydrogens (tertiary/aromatic N) is 2. The molecule has 2 N–H and O–H groups in total. The summed E-state index contributed by atoms with van der Waals surface area (Å²) >= 11 is 0. The Morgan fingerprint density at radius 3 is 3.06 bits per heavy atom. The molecule has 5 heteroatoms. The first-order valence-corrected chi connectivity index (χ1v) is 5.45. The Kier molecular flexibility index (Phi) is 3.49. The molecular weight excluding hydrogens is 216 g/mol. The van der Waals surface area contributed by atoms with Gasteiger partial charge in [0.25, 0.3) is 5.56 Å². The van der Waals surface area contributed by atoms with Gasteiger partial charge in [-0.05, 0) is 25.0 Å². The van der Waals surface area contributed by atoms with Crippen LogP contribution in [0.1, 0.15) is 11.4 Å². The van der Waals surface area contributed by atoms with Gasteiger partial charge in [0, 0.05) is 25.0 Å². The minimum absolute atomic E-state index is 0.138. The summed E-state index contributed by atoms with van der Waals surface area (Å²) in [5.74, 6) is 1.22. The number of aromatic nitrogens is 3. The fourth-order valence-electron chi connectivity index (χ4n) is 1.55. The number of aromatic amines is 1. The zero-order valence-electron chi connectivity index (χ0n) is 9.60. The summed E-state index contributed by atoms with van der Waals surface area (Å²) in [6.45, 7) is 2.48. The molecule has 0 unspecified atom stereocenters. The second-order valence-corrected chi connectivity index (χ2v) is 3.75. The smallest absolute Gasteiger partial charge is 0.252 e. The standard InChI is InChI=1S/C12H14N4O/c1-9-15-11(7-12(17)16-9)14-6-4-10-3-2-5-13-8-10/h2-3,5,7-8H,4,6H2,1H3,(H2,14,15,16,17). The van der Waals surface area contributed by atoms with Crippen LogP contribution in [0.3, 0.4) is 0 Å². The van der Waals surface area contributed by atoms with Crippen LogP contribution < -0.4 is 10.9 Å². The van der Waals surface area contributed by atoms with Gasteiger partial charge in [-0.3, -0.25) is 9.78 Å². The van der Waals surface area contributed by atoms with Crippen LogP contribution >= 0.6 is 0 Å². The molecule has 5 nitrogen and oxygen atoms in total. The molecule has 0 bridgehead atoms. The van der Waals surface area contributed by atoms with E-state index >= 15 is 0 Å². The molecule has 0 saturated heterocycles. The largest absolute Gasteiger partial charge is 0.370 e. The van der Waals surface area contributed by atoms with E-state index < -0.39 is 0 Å². The third-order valence-electron chi connectivity index (χ3n) is 2.30. The quantitative estimate of drug-likeness (QED) is 0.826. The Hall–Kier alpha value is -2.17. The highest BCUT2D eigenvalue weighted by molar-refractivity contribution is 5.33. The Bertz CT molecular complexity index is 536. The van der Waals surface area contributed by atoms with Crippen LogP contribution in [-0.2, 0) is 6.42 Å². The Balaban J connectivity index is 1.92. The second kappa shape index (κ2) is 5.25. The van der Waals surface area contributed by atoms with Gasteiger partial charge in [0.05, 0.1) is 0 Å². The van der Waals surface area contributed by atoms with E-state index in [0.29, 0.717) is 11.6 Å². The molecule has 0 atom stereocenters. The van der Waals surface area contributed by atoms with Crippen LogP contribution in [-0.4, -0.2) is 21.5 Å². The zero-order valence-corrected chi connectivity index (χ0v) is 9.60. The average Bonchev–Trinajstić information content (AvgIpc) is 2.29. The molecular formula is C12H14N4O. The third kappa shape index (κ3) is 3.41. The van der Waals surface area contributed by atoms with Gasteiger partial charge in [-0.2, -0.15) is 0 Å². The topological polar surface area (TPSA) is 70.7 Å². The molecule has 2 aromatic heterocycles. The zero-order chi connectivity index (χ0) is 12.1. The number of nitrogens with one attached hydrogen (secondary N) is 2. The van der Waals surface area contributed by atoms with Crippen molar-refractivity contribution in [2.45, 2.75) is 13.3 Å². The molecule has 0 aliphatic heterocycles. The van der Waals surface area contributed by atoms with E-state index in [1.54, 1.807) is 13.1 Å². The van der Waals surface area contributed by atoms with Crippen LogP contribution in [0.5, 0.6) is 0 Å². The maximum Gasteiger partial charge on any atom is 0.252 e. The Labute approximate surface area is 99.0 Å². The summed E-state index contributed by atoms with van der Waals surface area (Å²) in [4.78, 5) is 22.0. The van der Waals surface area contributed by atoms with Crippen molar-refractivity contribution in [2.24, 2.45) is 0 Å². The molecule has 0 radical (unpaired) electrons. The van der Waals surface area contributed by atoms with E-state index in [9.17, 15) is 4.79 Å². The number of aryl methyl sites for hydroxylation is 1. The van der Waals surface area contributed by atoms with Crippen molar-refractivity contribution in [2.75, 3.05) is 11.9 Å². The molecule has 88 valence electrons. The molecule has 2 rings (SSSR count). The highest BCUT2D eigenvalue weighted by atomic mass is 16.1. The summed E-state index contributed by atoms with van der Waals surface area (Å²) in [6, 6.07) is 5.38. The van der Waals surface area contributed by atoms with Crippen molar-refractivity contribution in [1.82, 2.24) is 15.0 Å². The number of hydrogen-bond acceptors (Lipinski definition) is 4. The van der Waals surface area contributed by atoms with Gasteiger partial charge in [-0.15, -0.1) is 0 Å². The van der Waals surface area contributed by atoms with Crippen LogP contribution in [0.15, 0.2) is 35.4 Å². The van der Waals surface area contributed by atoms with E-state index in [4.69, 9.17) is 0 Å². The van der Waals surface area contributed by atoms with Crippen molar-refractivity contribution < 1.29 is 0 Å². The normalized spacial score (nSPS) is 10.2. The lowest BCUT2D eigenvalue weighted by atomic mass is 10.2. The van der Waals surface area contributed by atoms with Crippen LogP contribution in [0.4, 0.5) is 5.82 Å². The predicted octanol–water partition coefficient (Wildman–Crippen LogP) is 1.13. The molecule has 0 aliphatic carbocycles. The average molecular weight is 230 g/mol. The lowest BCUT2D eigenvalue weighted by Gasteiger charge is -2.05. The van der Waals surface area contributed by atoms with Gasteiger partial charge in [0.2, 0.25) is 0 Å². The first-order chi connectivity index (χ1) is 8.24. The molecule has 0 amide bonds. The second-order valence-electron chi connectivity index (χ2n) is 3.75. The van der Waals surface area contributed by atoms with Crippen molar-refractivity contribution in [3.63, 3.8) is 0 Å². The number of anilines is 1. The van der Waals surface area contributed by atoms with Gasteiger partial charge in [-0.1, -0.05) is 6.07 Å². The first kappa shape index (κ1) is 11.3. The number of hydrogen-bond donors (Lipinski definition) is 2. The van der Waals surface area contributed by atoms with Crippen molar-refractivity contribution in [3.8, 4) is 0 Å². The third-order valence-corrected chi connectivity index (χ3v) is 2.30. The minimum Gasteiger partial charge on any atom is -0.370 e. The van der Waals surface area contributed by atoms with E-state index in [2.05, 4.69) is 20.3 Å². The maximum atomic E-state index is 11.2. The molecule has 0 spiro atoms. The molecule has 2 aromatic rings. The van der Waals surface area contributed by atoms with E-state index in [-0.39, 0.29) is 5.56 Å². The molecule has 0 saturated carbocycles. The predicted molar refractivity (Wildman–Crippen MR) is 66.0 cm³/mol. The SMILES string of the molecule is Cc1nc(NCCc2cccnc2)cc(=O)[nH]1. The van der Waals surface area contributed by atoms with Gasteiger partial charge in [0.1, 0.15) is 11.6 Å². The number of H-pyrrole nitrogens is 1. The summed E-state index contributed by atoms with van der Waals surface area (Å²) in [6.07, 6.45) is 4.43. The van der Waals surface area contributed by atoms with Crippen LogP contribution in [0.25, 0.3) is 0 Å². The summed E-state index contributed by atoms with van der Waals surface area (Å²) in [5, 5.41) is 3.12. The van der Waals surface area contributed by atoms with Crippen molar-refractivity contribution >= 4 is 5.82 Å². The first-order valence-electron chi connectivity index (χ1n) is 5.45. The molecule has 0 aliphatic rings. The van der Waals surface area contributed by atoms with Gasteiger partial charge < -0.3 is 10.3 Å². The van der Waals surface area contributed by atoms with E-state index in [1.807, 2.05) is 18.3 Å². The molecule has 2 heterocycles.